The van der Waals surface area contributed by atoms with E-state index in [9.17, 15) is 14.4 Å². The van der Waals surface area contributed by atoms with Crippen molar-refractivity contribution in [3.8, 4) is 5.75 Å². The Labute approximate surface area is 180 Å². The number of fused-ring (bicyclic) bond motifs is 1. The average Bonchev–Trinajstić information content (AvgIpc) is 2.70. The third kappa shape index (κ3) is 5.09. The van der Waals surface area contributed by atoms with Crippen LogP contribution in [0.2, 0.25) is 0 Å². The molecule has 0 fully saturated rings. The lowest BCUT2D eigenvalue weighted by Gasteiger charge is -2.11. The molecule has 0 radical (unpaired) electrons. The van der Waals surface area contributed by atoms with Crippen LogP contribution in [0.1, 0.15) is 47.8 Å². The molecule has 1 N–H and O–H groups in total. The highest BCUT2D eigenvalue weighted by Gasteiger charge is 2.15. The fraction of sp³-hybridized carbons (Fsp3) is 0.240. The van der Waals surface area contributed by atoms with E-state index >= 15 is 0 Å². The van der Waals surface area contributed by atoms with Gasteiger partial charge in [-0.3, -0.25) is 9.59 Å². The zero-order chi connectivity index (χ0) is 22.7. The summed E-state index contributed by atoms with van der Waals surface area (Å²) in [5, 5.41) is 3.37. The molecule has 31 heavy (non-hydrogen) atoms. The second-order valence-corrected chi connectivity index (χ2v) is 7.73. The number of benzene rings is 2. The van der Waals surface area contributed by atoms with Gasteiger partial charge in [0.2, 0.25) is 0 Å². The van der Waals surface area contributed by atoms with E-state index in [1.54, 1.807) is 24.3 Å². The number of hydrogen-bond acceptors (Lipinski definition) is 5. The molecule has 0 saturated heterocycles. The Morgan fingerprint density at radius 1 is 1.06 bits per heavy atom. The molecule has 1 heterocycles. The highest BCUT2D eigenvalue weighted by molar-refractivity contribution is 6.05. The van der Waals surface area contributed by atoms with Gasteiger partial charge in [0.1, 0.15) is 17.0 Å². The summed E-state index contributed by atoms with van der Waals surface area (Å²) in [4.78, 5) is 36.7. The molecular weight excluding hydrogens is 394 g/mol. The number of esters is 1. The molecule has 0 unspecified atom stereocenters. The minimum absolute atomic E-state index is 0.0654. The number of hydrogen-bond donors (Lipinski definition) is 1. The number of allylic oxidation sites excluding steroid dienone is 2. The summed E-state index contributed by atoms with van der Waals surface area (Å²) in [7, 11) is 0. The molecule has 0 aliphatic rings. The lowest BCUT2D eigenvalue weighted by atomic mass is 10.0. The zero-order valence-corrected chi connectivity index (χ0v) is 18.3. The van der Waals surface area contributed by atoms with Gasteiger partial charge in [0, 0.05) is 17.9 Å². The van der Waals surface area contributed by atoms with Gasteiger partial charge in [0.25, 0.3) is 5.91 Å². The monoisotopic (exact) mass is 419 g/mol. The smallest absolute Gasteiger partial charge is 0.360 e. The first kappa shape index (κ1) is 22.0. The largest absolute Gasteiger partial charge is 0.426 e. The Balaban J connectivity index is 1.94. The van der Waals surface area contributed by atoms with Crippen LogP contribution in [-0.2, 0) is 11.2 Å². The quantitative estimate of drug-likeness (QED) is 0.269. The lowest BCUT2D eigenvalue weighted by molar-refractivity contribution is -0.131. The molecule has 0 spiro atoms. The van der Waals surface area contributed by atoms with Gasteiger partial charge >= 0.3 is 11.6 Å². The number of aryl methyl sites for hydroxylation is 2. The predicted molar refractivity (Wildman–Crippen MR) is 121 cm³/mol. The predicted octanol–water partition coefficient (Wildman–Crippen LogP) is 5.10. The van der Waals surface area contributed by atoms with Crippen LogP contribution in [0.3, 0.4) is 0 Å². The number of ether oxygens (including phenoxy) is 1. The SMILES string of the molecule is CC(=O)Oc1ccc(C(=O)Nc2cc3ccc(C)c(C)c3oc2=O)cc1CC=C(C)C. The van der Waals surface area contributed by atoms with Crippen molar-refractivity contribution in [3.63, 3.8) is 0 Å². The van der Waals surface area contributed by atoms with Gasteiger partial charge in [-0.2, -0.15) is 0 Å². The van der Waals surface area contributed by atoms with Crippen LogP contribution in [0.15, 0.2) is 57.3 Å². The molecule has 160 valence electrons. The van der Waals surface area contributed by atoms with E-state index in [2.05, 4.69) is 5.32 Å². The van der Waals surface area contributed by atoms with Crippen molar-refractivity contribution in [2.75, 3.05) is 5.32 Å². The van der Waals surface area contributed by atoms with Crippen LogP contribution in [0, 0.1) is 13.8 Å². The molecule has 1 aromatic heterocycles. The van der Waals surface area contributed by atoms with Gasteiger partial charge in [-0.25, -0.2) is 4.79 Å². The van der Waals surface area contributed by atoms with E-state index in [4.69, 9.17) is 9.15 Å². The molecule has 6 nitrogen and oxygen atoms in total. The molecule has 3 rings (SSSR count). The van der Waals surface area contributed by atoms with Gasteiger partial charge in [0.15, 0.2) is 0 Å². The van der Waals surface area contributed by atoms with Crippen molar-refractivity contribution >= 4 is 28.5 Å². The summed E-state index contributed by atoms with van der Waals surface area (Å²) in [6, 6.07) is 10.2. The zero-order valence-electron chi connectivity index (χ0n) is 18.3. The molecule has 0 bridgehead atoms. The van der Waals surface area contributed by atoms with Gasteiger partial charge in [0.05, 0.1) is 0 Å². The molecule has 6 heteroatoms. The molecule has 2 aromatic carbocycles. The highest BCUT2D eigenvalue weighted by Crippen LogP contribution is 2.24. The first-order chi connectivity index (χ1) is 14.7. The normalized spacial score (nSPS) is 10.6. The van der Waals surface area contributed by atoms with E-state index in [1.165, 1.54) is 6.92 Å². The maximum Gasteiger partial charge on any atom is 0.360 e. The summed E-state index contributed by atoms with van der Waals surface area (Å²) in [5.41, 5.74) is 4.00. The van der Waals surface area contributed by atoms with E-state index < -0.39 is 17.5 Å². The van der Waals surface area contributed by atoms with Crippen molar-refractivity contribution in [3.05, 3.63) is 80.7 Å². The Morgan fingerprint density at radius 3 is 2.48 bits per heavy atom. The summed E-state index contributed by atoms with van der Waals surface area (Å²) >= 11 is 0. The Kier molecular flexibility index (Phi) is 6.39. The van der Waals surface area contributed by atoms with E-state index in [0.717, 1.165) is 22.1 Å². The Morgan fingerprint density at radius 2 is 1.81 bits per heavy atom. The lowest BCUT2D eigenvalue weighted by Crippen LogP contribution is -2.18. The van der Waals surface area contributed by atoms with Crippen molar-refractivity contribution in [1.82, 2.24) is 0 Å². The molecule has 0 aliphatic heterocycles. The molecule has 1 amide bonds. The van der Waals surface area contributed by atoms with Gasteiger partial charge in [-0.05, 0) is 75.1 Å². The van der Waals surface area contributed by atoms with Crippen molar-refractivity contribution in [1.29, 1.82) is 0 Å². The van der Waals surface area contributed by atoms with Crippen LogP contribution in [-0.4, -0.2) is 11.9 Å². The molecule has 3 aromatic rings. The summed E-state index contributed by atoms with van der Waals surface area (Å²) < 4.78 is 10.7. The second-order valence-electron chi connectivity index (χ2n) is 7.73. The number of amides is 1. The van der Waals surface area contributed by atoms with Gasteiger partial charge in [-0.1, -0.05) is 23.8 Å². The molecule has 0 atom stereocenters. The topological polar surface area (TPSA) is 85.6 Å². The van der Waals surface area contributed by atoms with Crippen LogP contribution < -0.4 is 15.7 Å². The van der Waals surface area contributed by atoms with Crippen LogP contribution in [0.25, 0.3) is 11.0 Å². The van der Waals surface area contributed by atoms with Crippen molar-refractivity contribution in [2.45, 2.75) is 41.0 Å². The van der Waals surface area contributed by atoms with Gasteiger partial charge < -0.3 is 14.5 Å². The van der Waals surface area contributed by atoms with Crippen LogP contribution >= 0.6 is 0 Å². The van der Waals surface area contributed by atoms with E-state index in [1.807, 2.05) is 45.9 Å². The number of anilines is 1. The fourth-order valence-electron chi connectivity index (χ4n) is 3.15. The number of rotatable bonds is 5. The third-order valence-corrected chi connectivity index (χ3v) is 4.98. The summed E-state index contributed by atoms with van der Waals surface area (Å²) in [6.07, 6.45) is 2.48. The minimum atomic E-state index is -0.615. The molecule has 0 saturated carbocycles. The van der Waals surface area contributed by atoms with E-state index in [0.29, 0.717) is 28.9 Å². The molecular formula is C25H25NO5. The number of carbonyl (C=O) groups is 2. The first-order valence-corrected chi connectivity index (χ1v) is 9.96. The number of nitrogens with one attached hydrogen (secondary N) is 1. The standard InChI is InChI=1S/C25H25NO5/c1-14(2)6-8-18-12-20(10-11-22(18)30-17(5)27)24(28)26-21-13-19-9-7-15(3)16(4)23(19)31-25(21)29/h6-7,9-13H,8H2,1-5H3,(H,26,28). The fourth-order valence-corrected chi connectivity index (χ4v) is 3.15. The van der Waals surface area contributed by atoms with Crippen molar-refractivity contribution in [2.24, 2.45) is 0 Å². The first-order valence-electron chi connectivity index (χ1n) is 9.96. The Bertz CT molecular complexity index is 1260. The maximum atomic E-state index is 12.8. The van der Waals surface area contributed by atoms with E-state index in [-0.39, 0.29) is 5.69 Å². The van der Waals surface area contributed by atoms with Gasteiger partial charge in [-0.15, -0.1) is 0 Å². The average molecular weight is 419 g/mol. The third-order valence-electron chi connectivity index (χ3n) is 4.98. The number of carbonyl (C=O) groups excluding carboxylic acids is 2. The highest BCUT2D eigenvalue weighted by atomic mass is 16.5. The maximum absolute atomic E-state index is 12.8. The van der Waals surface area contributed by atoms with Crippen LogP contribution in [0.5, 0.6) is 5.75 Å². The Hall–Kier alpha value is -3.67. The molecule has 0 aliphatic carbocycles. The summed E-state index contributed by atoms with van der Waals surface area (Å²) in [5.74, 6) is -0.490. The van der Waals surface area contributed by atoms with Crippen molar-refractivity contribution < 1.29 is 18.7 Å². The minimum Gasteiger partial charge on any atom is -0.426 e. The van der Waals surface area contributed by atoms with Crippen LogP contribution in [0.4, 0.5) is 5.69 Å². The second kappa shape index (κ2) is 9.00. The summed E-state index contributed by atoms with van der Waals surface area (Å²) in [6.45, 7) is 9.08.